The second kappa shape index (κ2) is 6.41. The van der Waals surface area contributed by atoms with E-state index in [1.807, 2.05) is 0 Å². The summed E-state index contributed by atoms with van der Waals surface area (Å²) in [7, 11) is 1.08. The Bertz CT molecular complexity index is 596. The molecule has 1 aromatic carbocycles. The van der Waals surface area contributed by atoms with E-state index >= 15 is 0 Å². The Labute approximate surface area is 112 Å². The van der Waals surface area contributed by atoms with Gasteiger partial charge in [-0.15, -0.1) is 0 Å². The van der Waals surface area contributed by atoms with Crippen LogP contribution in [0.5, 0.6) is 0 Å². The van der Waals surface area contributed by atoms with Crippen LogP contribution in [0.4, 0.5) is 10.1 Å². The molecule has 1 aromatic rings. The lowest BCUT2D eigenvalue weighted by Crippen LogP contribution is -2.07. The first kappa shape index (κ1) is 15.3. The monoisotopic (exact) mass is 283 g/mol. The quantitative estimate of drug-likeness (QED) is 0.220. The van der Waals surface area contributed by atoms with Gasteiger partial charge in [-0.3, -0.25) is 19.7 Å². The highest BCUT2D eigenvalue weighted by Gasteiger charge is 2.19. The third kappa shape index (κ3) is 3.87. The van der Waals surface area contributed by atoms with Crippen molar-refractivity contribution in [2.24, 2.45) is 0 Å². The number of hydrogen-bond donors (Lipinski definition) is 1. The lowest BCUT2D eigenvalue weighted by molar-refractivity contribution is -0.385. The summed E-state index contributed by atoms with van der Waals surface area (Å²) < 4.78 is 17.3. The number of halogens is 1. The molecule has 0 saturated carbocycles. The molecule has 0 unspecified atom stereocenters. The summed E-state index contributed by atoms with van der Waals surface area (Å²) in [4.78, 5) is 32.1. The molecular weight excluding hydrogens is 273 g/mol. The number of ether oxygens (including phenoxy) is 1. The van der Waals surface area contributed by atoms with Gasteiger partial charge in [0.15, 0.2) is 5.78 Å². The van der Waals surface area contributed by atoms with Crippen LogP contribution in [-0.4, -0.2) is 28.9 Å². The van der Waals surface area contributed by atoms with Crippen LogP contribution in [0, 0.1) is 15.9 Å². The first-order valence-corrected chi connectivity index (χ1v) is 5.29. The summed E-state index contributed by atoms with van der Waals surface area (Å²) in [6.45, 7) is 0. The number of nitrogens with zero attached hydrogens (tertiary/aromatic N) is 1. The van der Waals surface area contributed by atoms with Crippen molar-refractivity contribution in [2.75, 3.05) is 7.11 Å². The highest BCUT2D eigenvalue weighted by Crippen LogP contribution is 2.25. The van der Waals surface area contributed by atoms with Gasteiger partial charge >= 0.3 is 5.97 Å². The van der Waals surface area contributed by atoms with Gasteiger partial charge in [0.05, 0.1) is 17.6 Å². The fraction of sp³-hybridized carbons (Fsp3) is 0.167. The largest absolute Gasteiger partial charge is 0.507 e. The molecule has 0 aromatic heterocycles. The highest BCUT2D eigenvalue weighted by atomic mass is 19.1. The zero-order valence-corrected chi connectivity index (χ0v) is 10.3. The molecular formula is C12H10FNO6. The number of ketones is 1. The van der Waals surface area contributed by atoms with Gasteiger partial charge in [-0.2, -0.15) is 0 Å². The Hall–Kier alpha value is -2.77. The predicted octanol–water partition coefficient (Wildman–Crippen LogP) is 1.76. The van der Waals surface area contributed by atoms with Crippen LogP contribution >= 0.6 is 0 Å². The molecule has 1 N–H and O–H groups in total. The second-order valence-electron chi connectivity index (χ2n) is 3.67. The number of aliphatic hydroxyl groups is 1. The van der Waals surface area contributed by atoms with E-state index in [1.54, 1.807) is 0 Å². The number of nitro groups is 1. The zero-order valence-electron chi connectivity index (χ0n) is 10.3. The Balaban J connectivity index is 3.10. The number of carbonyl (C=O) groups excluding carboxylic acids is 2. The zero-order chi connectivity index (χ0) is 15.3. The van der Waals surface area contributed by atoms with E-state index in [1.165, 1.54) is 0 Å². The van der Waals surface area contributed by atoms with Crippen molar-refractivity contribution in [3.05, 3.63) is 45.8 Å². The van der Waals surface area contributed by atoms with Gasteiger partial charge in [-0.1, -0.05) is 0 Å². The summed E-state index contributed by atoms with van der Waals surface area (Å²) in [6, 6.07) is 2.43. The number of allylic oxidation sites excluding steroid dienone is 1. The topological polar surface area (TPSA) is 107 Å². The van der Waals surface area contributed by atoms with Gasteiger partial charge in [0.1, 0.15) is 18.0 Å². The average molecular weight is 283 g/mol. The maximum Gasteiger partial charge on any atom is 0.313 e. The third-order valence-electron chi connectivity index (χ3n) is 2.28. The summed E-state index contributed by atoms with van der Waals surface area (Å²) in [6.07, 6.45) is -0.0254. The second-order valence-corrected chi connectivity index (χ2v) is 3.67. The van der Waals surface area contributed by atoms with E-state index < -0.39 is 45.9 Å². The molecule has 0 aliphatic heterocycles. The molecule has 0 bridgehead atoms. The van der Waals surface area contributed by atoms with Crippen molar-refractivity contribution in [3.63, 3.8) is 0 Å². The number of benzene rings is 1. The van der Waals surface area contributed by atoms with Crippen LogP contribution in [0.1, 0.15) is 12.0 Å². The van der Waals surface area contributed by atoms with E-state index in [9.17, 15) is 29.2 Å². The fourth-order valence-corrected chi connectivity index (χ4v) is 1.37. The van der Waals surface area contributed by atoms with Crippen molar-refractivity contribution >= 4 is 23.2 Å². The van der Waals surface area contributed by atoms with E-state index in [0.29, 0.717) is 6.08 Å². The minimum absolute atomic E-state index is 0.451. The molecule has 7 nitrogen and oxygen atoms in total. The number of aliphatic hydroxyl groups excluding tert-OH is 1. The summed E-state index contributed by atoms with van der Waals surface area (Å²) in [5.74, 6) is -3.27. The lowest BCUT2D eigenvalue weighted by Gasteiger charge is -2.02. The van der Waals surface area contributed by atoms with Crippen LogP contribution in [0.2, 0.25) is 0 Å². The maximum atomic E-state index is 13.1. The van der Waals surface area contributed by atoms with Crippen molar-refractivity contribution in [2.45, 2.75) is 6.42 Å². The number of nitro benzene ring substituents is 1. The van der Waals surface area contributed by atoms with E-state index in [-0.39, 0.29) is 0 Å². The van der Waals surface area contributed by atoms with E-state index in [2.05, 4.69) is 4.74 Å². The molecule has 0 saturated heterocycles. The smallest absolute Gasteiger partial charge is 0.313 e. The molecule has 0 spiro atoms. The van der Waals surface area contributed by atoms with Gasteiger partial charge in [0.25, 0.3) is 5.69 Å². The van der Waals surface area contributed by atoms with Crippen molar-refractivity contribution in [1.29, 1.82) is 0 Å². The van der Waals surface area contributed by atoms with Crippen molar-refractivity contribution in [3.8, 4) is 0 Å². The van der Waals surface area contributed by atoms with Crippen LogP contribution in [0.3, 0.4) is 0 Å². The molecule has 0 heterocycles. The van der Waals surface area contributed by atoms with Gasteiger partial charge in [0, 0.05) is 12.1 Å². The van der Waals surface area contributed by atoms with Crippen molar-refractivity contribution in [1.82, 2.24) is 0 Å². The van der Waals surface area contributed by atoms with Gasteiger partial charge in [0.2, 0.25) is 0 Å². The summed E-state index contributed by atoms with van der Waals surface area (Å²) in [5.41, 5.74) is -1.01. The van der Waals surface area contributed by atoms with Gasteiger partial charge < -0.3 is 9.84 Å². The molecule has 0 atom stereocenters. The average Bonchev–Trinajstić information content (AvgIpc) is 2.37. The number of hydrogen-bond acceptors (Lipinski definition) is 6. The first-order valence-electron chi connectivity index (χ1n) is 5.29. The van der Waals surface area contributed by atoms with Crippen LogP contribution in [-0.2, 0) is 14.3 Å². The minimum Gasteiger partial charge on any atom is -0.507 e. The van der Waals surface area contributed by atoms with Crippen molar-refractivity contribution < 1.29 is 28.7 Å². The Kier molecular flexibility index (Phi) is 4.90. The molecule has 1 rings (SSSR count). The minimum atomic E-state index is -0.830. The standard InChI is InChI=1S/C12H10FNO6/c1-20-12(17)6-8(15)5-11(16)9-4-7(13)2-3-10(9)14(18)19/h2-5,16H,6H2,1H3/b11-5-. The molecule has 0 fully saturated rings. The highest BCUT2D eigenvalue weighted by molar-refractivity contribution is 6.05. The van der Waals surface area contributed by atoms with Crippen LogP contribution in [0.15, 0.2) is 24.3 Å². The molecule has 8 heteroatoms. The maximum absolute atomic E-state index is 13.1. The summed E-state index contributed by atoms with van der Waals surface area (Å²) in [5, 5.41) is 20.4. The van der Waals surface area contributed by atoms with Crippen LogP contribution in [0.25, 0.3) is 5.76 Å². The van der Waals surface area contributed by atoms with Crippen LogP contribution < -0.4 is 0 Å². The molecule has 106 valence electrons. The van der Waals surface area contributed by atoms with Gasteiger partial charge in [-0.25, -0.2) is 4.39 Å². The molecule has 0 amide bonds. The number of carbonyl (C=O) groups is 2. The number of rotatable bonds is 5. The molecule has 0 aliphatic carbocycles. The fourth-order valence-electron chi connectivity index (χ4n) is 1.37. The van der Waals surface area contributed by atoms with E-state index in [0.717, 1.165) is 25.3 Å². The number of methoxy groups -OCH3 is 1. The number of esters is 1. The summed E-state index contributed by atoms with van der Waals surface area (Å²) >= 11 is 0. The van der Waals surface area contributed by atoms with E-state index in [4.69, 9.17) is 0 Å². The van der Waals surface area contributed by atoms with Gasteiger partial charge in [-0.05, 0) is 12.1 Å². The Morgan fingerprint density at radius 1 is 1.50 bits per heavy atom. The predicted molar refractivity (Wildman–Crippen MR) is 65.3 cm³/mol. The lowest BCUT2D eigenvalue weighted by atomic mass is 10.1. The SMILES string of the molecule is COC(=O)CC(=O)/C=C(\O)c1cc(F)ccc1[N+](=O)[O-]. The Morgan fingerprint density at radius 2 is 2.15 bits per heavy atom. The molecule has 0 radical (unpaired) electrons. The third-order valence-corrected chi connectivity index (χ3v) is 2.28. The molecule has 0 aliphatic rings. The first-order chi connectivity index (χ1) is 9.35. The molecule has 20 heavy (non-hydrogen) atoms. The Morgan fingerprint density at radius 3 is 2.70 bits per heavy atom. The normalized spacial score (nSPS) is 11.0.